The first-order valence-electron chi connectivity index (χ1n) is 3.70. The summed E-state index contributed by atoms with van der Waals surface area (Å²) in [6, 6.07) is 6.22. The zero-order chi connectivity index (χ0) is 9.84. The molecule has 0 aromatic heterocycles. The monoisotopic (exact) mass is 179 g/mol. The molecule has 68 valence electrons. The second-order valence-electron chi connectivity index (χ2n) is 2.55. The molecule has 0 heterocycles. The van der Waals surface area contributed by atoms with Crippen molar-refractivity contribution in [2.45, 2.75) is 6.04 Å². The molecule has 1 rings (SSSR count). The van der Waals surface area contributed by atoms with Crippen molar-refractivity contribution in [2.75, 3.05) is 0 Å². The number of rotatable bonds is 2. The lowest BCUT2D eigenvalue weighted by Crippen LogP contribution is -2.25. The summed E-state index contributed by atoms with van der Waals surface area (Å²) < 4.78 is 0. The van der Waals surface area contributed by atoms with Crippen molar-refractivity contribution in [3.8, 4) is 0 Å². The van der Waals surface area contributed by atoms with Gasteiger partial charge in [-0.2, -0.15) is 0 Å². The van der Waals surface area contributed by atoms with Crippen LogP contribution >= 0.6 is 0 Å². The molecule has 0 aliphatic rings. The minimum Gasteiger partial charge on any atom is -0.480 e. The molecule has 0 saturated heterocycles. The van der Waals surface area contributed by atoms with Crippen LogP contribution < -0.4 is 11.2 Å². The van der Waals surface area contributed by atoms with Crippen LogP contribution in [-0.2, 0) is 4.79 Å². The van der Waals surface area contributed by atoms with Gasteiger partial charge in [0.2, 0.25) is 0 Å². The van der Waals surface area contributed by atoms with E-state index in [0.29, 0.717) is 0 Å². The molecule has 0 radical (unpaired) electrons. The maximum absolute atomic E-state index is 11.2. The van der Waals surface area contributed by atoms with Crippen molar-refractivity contribution in [3.63, 3.8) is 0 Å². The van der Waals surface area contributed by atoms with Crippen LogP contribution in [0.25, 0.3) is 0 Å². The molecule has 3 N–H and O–H groups in total. The number of nitrogens with two attached hydrogens (primary N) is 1. The quantitative estimate of drug-likeness (QED) is 0.676. The summed E-state index contributed by atoms with van der Waals surface area (Å²) in [5.41, 5.74) is 5.03. The lowest BCUT2D eigenvalue weighted by Gasteiger charge is -2.01. The zero-order valence-corrected chi connectivity index (χ0v) is 6.81. The first-order chi connectivity index (χ1) is 6.13. The summed E-state index contributed by atoms with van der Waals surface area (Å²) in [6.45, 7) is 0. The molecule has 1 unspecified atom stereocenters. The third-order valence-corrected chi connectivity index (χ3v) is 1.63. The molecule has 0 bridgehead atoms. The fourth-order valence-corrected chi connectivity index (χ4v) is 0.935. The Morgan fingerprint density at radius 2 is 1.92 bits per heavy atom. The third-order valence-electron chi connectivity index (χ3n) is 1.63. The Hall–Kier alpha value is -1.68. The smallest absolute Gasteiger partial charge is 0.325 e. The van der Waals surface area contributed by atoms with E-state index in [1.54, 1.807) is 18.2 Å². The van der Waals surface area contributed by atoms with Crippen LogP contribution in [0.1, 0.15) is 11.6 Å². The van der Waals surface area contributed by atoms with Crippen LogP contribution in [0.5, 0.6) is 0 Å². The highest BCUT2D eigenvalue weighted by atomic mass is 16.4. The van der Waals surface area contributed by atoms with Gasteiger partial charge in [0.25, 0.3) is 0 Å². The Morgan fingerprint density at radius 1 is 1.31 bits per heavy atom. The molecule has 0 spiro atoms. The lowest BCUT2D eigenvalue weighted by atomic mass is 10.1. The summed E-state index contributed by atoms with van der Waals surface area (Å²) in [5.74, 6) is -1.21. The van der Waals surface area contributed by atoms with E-state index >= 15 is 0 Å². The van der Waals surface area contributed by atoms with Crippen LogP contribution in [0.15, 0.2) is 35.1 Å². The van der Waals surface area contributed by atoms with Crippen molar-refractivity contribution in [1.82, 2.24) is 0 Å². The van der Waals surface area contributed by atoms with Gasteiger partial charge in [0.05, 0.1) is 0 Å². The van der Waals surface area contributed by atoms with Crippen LogP contribution in [0, 0.1) is 0 Å². The fraction of sp³-hybridized carbons (Fsp3) is 0.111. The summed E-state index contributed by atoms with van der Waals surface area (Å²) in [4.78, 5) is 21.7. The Balaban J connectivity index is 3.24. The number of hydrogen-bond acceptors (Lipinski definition) is 3. The molecule has 0 saturated carbocycles. The molecule has 4 heteroatoms. The van der Waals surface area contributed by atoms with Crippen LogP contribution in [0.2, 0.25) is 0 Å². The fourth-order valence-electron chi connectivity index (χ4n) is 0.935. The first-order valence-corrected chi connectivity index (χ1v) is 3.70. The molecule has 13 heavy (non-hydrogen) atoms. The minimum atomic E-state index is -1.25. The highest BCUT2D eigenvalue weighted by Crippen LogP contribution is 2.02. The predicted molar refractivity (Wildman–Crippen MR) is 47.3 cm³/mol. The van der Waals surface area contributed by atoms with E-state index in [1.165, 1.54) is 12.1 Å². The van der Waals surface area contributed by atoms with Gasteiger partial charge in [-0.05, 0) is 6.07 Å². The number of carbonyl (C=O) groups is 1. The maximum atomic E-state index is 11.2. The SMILES string of the molecule is NC(C(=O)O)c1cccccc1=O. The minimum absolute atomic E-state index is 0.0949. The standard InChI is InChI=1S/C9H9NO3/c10-8(9(12)13)6-4-2-1-3-5-7(6)11/h1-5,8H,10H2,(H,12,13). The summed E-state index contributed by atoms with van der Waals surface area (Å²) >= 11 is 0. The zero-order valence-electron chi connectivity index (χ0n) is 6.81. The Kier molecular flexibility index (Phi) is 2.76. The van der Waals surface area contributed by atoms with Crippen molar-refractivity contribution in [2.24, 2.45) is 5.73 Å². The van der Waals surface area contributed by atoms with E-state index in [9.17, 15) is 9.59 Å². The number of carboxylic acid groups (broad SMARTS) is 1. The van der Waals surface area contributed by atoms with Crippen molar-refractivity contribution in [1.29, 1.82) is 0 Å². The van der Waals surface area contributed by atoms with Gasteiger partial charge in [-0.1, -0.05) is 24.3 Å². The number of aliphatic carboxylic acids is 1. The van der Waals surface area contributed by atoms with E-state index < -0.39 is 12.0 Å². The Labute approximate surface area is 74.6 Å². The third kappa shape index (κ3) is 2.13. The second-order valence-corrected chi connectivity index (χ2v) is 2.55. The molecule has 0 aliphatic carbocycles. The van der Waals surface area contributed by atoms with Crippen LogP contribution in [0.4, 0.5) is 0 Å². The Morgan fingerprint density at radius 3 is 2.54 bits per heavy atom. The number of carboxylic acids is 1. The molecule has 0 aliphatic heterocycles. The lowest BCUT2D eigenvalue weighted by molar-refractivity contribution is -0.138. The van der Waals surface area contributed by atoms with Gasteiger partial charge in [-0.15, -0.1) is 0 Å². The topological polar surface area (TPSA) is 80.4 Å². The summed E-state index contributed by atoms with van der Waals surface area (Å²) in [6.07, 6.45) is 0. The molecule has 1 aromatic rings. The van der Waals surface area contributed by atoms with Crippen LogP contribution in [0.3, 0.4) is 0 Å². The normalized spacial score (nSPS) is 12.1. The van der Waals surface area contributed by atoms with Crippen molar-refractivity contribution in [3.05, 3.63) is 46.1 Å². The summed E-state index contributed by atoms with van der Waals surface area (Å²) in [5, 5.41) is 8.58. The summed E-state index contributed by atoms with van der Waals surface area (Å²) in [7, 11) is 0. The van der Waals surface area contributed by atoms with E-state index in [2.05, 4.69) is 0 Å². The van der Waals surface area contributed by atoms with E-state index in [4.69, 9.17) is 10.8 Å². The van der Waals surface area contributed by atoms with Gasteiger partial charge in [0, 0.05) is 5.56 Å². The first kappa shape index (κ1) is 9.41. The highest BCUT2D eigenvalue weighted by molar-refractivity contribution is 5.75. The van der Waals surface area contributed by atoms with Gasteiger partial charge in [-0.3, -0.25) is 9.59 Å². The maximum Gasteiger partial charge on any atom is 0.325 e. The molecule has 0 amide bonds. The van der Waals surface area contributed by atoms with E-state index in [-0.39, 0.29) is 11.0 Å². The van der Waals surface area contributed by atoms with Gasteiger partial charge in [0.15, 0.2) is 5.43 Å². The van der Waals surface area contributed by atoms with Gasteiger partial charge in [0.1, 0.15) is 6.04 Å². The van der Waals surface area contributed by atoms with Gasteiger partial charge >= 0.3 is 5.97 Å². The molecule has 4 nitrogen and oxygen atoms in total. The molecular formula is C9H9NO3. The van der Waals surface area contributed by atoms with Crippen molar-refractivity contribution < 1.29 is 9.90 Å². The van der Waals surface area contributed by atoms with E-state index in [1.807, 2.05) is 0 Å². The average Bonchev–Trinajstić information content (AvgIpc) is 2.28. The van der Waals surface area contributed by atoms with Crippen molar-refractivity contribution >= 4 is 5.97 Å². The second kappa shape index (κ2) is 3.82. The predicted octanol–water partition coefficient (Wildman–Crippen LogP) is 0.131. The largest absolute Gasteiger partial charge is 0.480 e. The molecular weight excluding hydrogens is 170 g/mol. The van der Waals surface area contributed by atoms with E-state index in [0.717, 1.165) is 0 Å². The molecule has 1 aromatic carbocycles. The Bertz CT molecular complexity index is 375. The number of hydrogen-bond donors (Lipinski definition) is 2. The van der Waals surface area contributed by atoms with Gasteiger partial charge in [-0.25, -0.2) is 0 Å². The van der Waals surface area contributed by atoms with Crippen LogP contribution in [-0.4, -0.2) is 11.1 Å². The molecule has 0 fully saturated rings. The average molecular weight is 179 g/mol. The van der Waals surface area contributed by atoms with Gasteiger partial charge < -0.3 is 10.8 Å². The molecule has 1 atom stereocenters. The highest BCUT2D eigenvalue weighted by Gasteiger charge is 2.15.